The van der Waals surface area contributed by atoms with Crippen LogP contribution in [0.2, 0.25) is 0 Å². The molecule has 0 radical (unpaired) electrons. The SMILES string of the molecule is CC(C)c1ccc(C(=O)OOC(=O)OC2CCC(C(C3CCC(OC(=O)OOC(=O)c4ccc(C(C)C)cc4)CC3)(C3CCC(OC(=O)OOC(=O)c4ccc(C(C)C)cc4)CC3)C3CCC(OC(=O)OOC(=O)c4ccc(C(C)C)cc4)CC3)CC2)cc1. The fourth-order valence-corrected chi connectivity index (χ4v) is 13.8. The summed E-state index contributed by atoms with van der Waals surface area (Å²) in [6.45, 7) is 16.3. The highest BCUT2D eigenvalue weighted by atomic mass is 17.3. The molecule has 20 heteroatoms. The summed E-state index contributed by atoms with van der Waals surface area (Å²) in [6.07, 6.45) is 2.01. The number of rotatable bonds is 16. The molecule has 4 fully saturated rings. The largest absolute Gasteiger partial charge is 0.550 e. The van der Waals surface area contributed by atoms with Gasteiger partial charge in [-0.1, -0.05) is 104 Å². The highest BCUT2D eigenvalue weighted by Gasteiger charge is 2.57. The predicted molar refractivity (Wildman–Crippen MR) is 319 cm³/mol. The topological polar surface area (TPSA) is 247 Å². The summed E-state index contributed by atoms with van der Waals surface area (Å²) in [5.41, 5.74) is 4.52. The molecule has 20 nitrogen and oxygen atoms in total. The maximum atomic E-state index is 13.1. The average molecular weight is 1230 g/mol. The van der Waals surface area contributed by atoms with Crippen molar-refractivity contribution in [3.8, 4) is 0 Å². The van der Waals surface area contributed by atoms with Crippen LogP contribution in [0, 0.1) is 29.1 Å². The van der Waals surface area contributed by atoms with E-state index in [0.717, 1.165) is 22.3 Å². The third-order valence-corrected chi connectivity index (χ3v) is 18.6. The summed E-state index contributed by atoms with van der Waals surface area (Å²) >= 11 is 0. The Labute approximate surface area is 519 Å². The summed E-state index contributed by atoms with van der Waals surface area (Å²) in [6, 6.07) is 27.3. The Bertz CT molecular complexity index is 2600. The van der Waals surface area contributed by atoms with Crippen molar-refractivity contribution in [2.45, 2.75) is 206 Å². The molecule has 4 aromatic carbocycles. The molecule has 0 N–H and O–H groups in total. The van der Waals surface area contributed by atoms with Crippen molar-refractivity contribution in [1.82, 2.24) is 0 Å². The second kappa shape index (κ2) is 31.3. The minimum absolute atomic E-state index is 0.0503. The Morgan fingerprint density at radius 2 is 0.438 bits per heavy atom. The summed E-state index contributed by atoms with van der Waals surface area (Å²) < 4.78 is 23.1. The molecule has 4 aliphatic carbocycles. The van der Waals surface area contributed by atoms with Crippen LogP contribution in [-0.4, -0.2) is 72.9 Å². The van der Waals surface area contributed by atoms with E-state index in [-0.39, 0.29) is 69.6 Å². The first kappa shape index (κ1) is 66.8. The van der Waals surface area contributed by atoms with E-state index in [0.29, 0.717) is 103 Å². The molecule has 0 spiro atoms. The second-order valence-corrected chi connectivity index (χ2v) is 25.3. The zero-order chi connectivity index (χ0) is 63.8. The number of carbonyl (C=O) groups excluding carboxylic acids is 8. The second-order valence-electron chi connectivity index (χ2n) is 25.3. The molecule has 0 bridgehead atoms. The van der Waals surface area contributed by atoms with Gasteiger partial charge in [0, 0.05) is 0 Å². The fourth-order valence-electron chi connectivity index (χ4n) is 13.8. The van der Waals surface area contributed by atoms with Crippen LogP contribution in [0.5, 0.6) is 0 Å². The summed E-state index contributed by atoms with van der Waals surface area (Å²) in [7, 11) is 0. The Balaban J connectivity index is 0.967. The average Bonchev–Trinajstić information content (AvgIpc) is 2.63. The molecule has 8 rings (SSSR count). The van der Waals surface area contributed by atoms with Crippen LogP contribution in [0.3, 0.4) is 0 Å². The maximum absolute atomic E-state index is 13.1. The normalized spacial score (nSPS) is 22.5. The van der Waals surface area contributed by atoms with Crippen LogP contribution >= 0.6 is 0 Å². The van der Waals surface area contributed by atoms with Crippen LogP contribution < -0.4 is 0 Å². The zero-order valence-corrected chi connectivity index (χ0v) is 52.1. The quantitative estimate of drug-likeness (QED) is 0.0438. The van der Waals surface area contributed by atoms with Crippen molar-refractivity contribution >= 4 is 48.5 Å². The summed E-state index contributed by atoms with van der Waals surface area (Å²) in [4.78, 5) is 143. The Morgan fingerprint density at radius 3 is 0.596 bits per heavy atom. The lowest BCUT2D eigenvalue weighted by Crippen LogP contribution is -2.54. The molecule has 4 aliphatic rings. The number of hydrogen-bond acceptors (Lipinski definition) is 20. The van der Waals surface area contributed by atoms with Crippen LogP contribution in [-0.2, 0) is 58.0 Å². The molecular formula is C69H84O20. The van der Waals surface area contributed by atoms with Gasteiger partial charge in [0.05, 0.1) is 22.3 Å². The van der Waals surface area contributed by atoms with Crippen LogP contribution in [0.4, 0.5) is 19.2 Å². The van der Waals surface area contributed by atoms with Gasteiger partial charge in [0.25, 0.3) is 0 Å². The molecule has 480 valence electrons. The predicted octanol–water partition coefficient (Wildman–Crippen LogP) is 16.4. The standard InChI is InChI=1S/C69H84O20/c1-41(2)45-9-17-49(18-10-45)61(70)82-86-65(74)78-57-33-25-53(26-34-57)69(54-27-35-58(36-28-54)79-66(75)87-83-62(71)50-19-11-46(12-20-50)42(3)4,55-29-37-59(38-30-55)80-67(76)88-84-63(72)51-21-13-47(14-22-51)43(5)6)56-31-39-60(40-32-56)81-68(77)89-85-64(73)52-23-15-48(16-24-52)44(7)8/h9-24,41-44,53-60H,25-40H2,1-8H3. The van der Waals surface area contributed by atoms with Gasteiger partial charge >= 0.3 is 48.5 Å². The Kier molecular flexibility index (Phi) is 23.5. The van der Waals surface area contributed by atoms with Gasteiger partial charge in [0.1, 0.15) is 24.4 Å². The molecule has 0 unspecified atom stereocenters. The van der Waals surface area contributed by atoms with Gasteiger partial charge in [-0.15, -0.1) is 0 Å². The van der Waals surface area contributed by atoms with Crippen molar-refractivity contribution < 1.29 is 96.4 Å². The van der Waals surface area contributed by atoms with E-state index in [2.05, 4.69) is 0 Å². The van der Waals surface area contributed by atoms with Gasteiger partial charge < -0.3 is 18.9 Å². The van der Waals surface area contributed by atoms with Gasteiger partial charge in [-0.05, 0) is 226 Å². The summed E-state index contributed by atoms with van der Waals surface area (Å²) in [5.74, 6) is -2.19. The first-order valence-corrected chi connectivity index (χ1v) is 31.4. The van der Waals surface area contributed by atoms with E-state index in [1.807, 2.05) is 55.4 Å². The number of benzene rings is 4. The molecular weight excluding hydrogens is 1150 g/mol. The van der Waals surface area contributed by atoms with E-state index in [1.54, 1.807) is 97.1 Å². The van der Waals surface area contributed by atoms with Gasteiger partial charge in [-0.3, -0.25) is 0 Å². The van der Waals surface area contributed by atoms with Crippen LogP contribution in [0.1, 0.15) is 245 Å². The molecule has 0 aliphatic heterocycles. The highest BCUT2D eigenvalue weighted by molar-refractivity contribution is 5.91. The number of hydrogen-bond donors (Lipinski definition) is 0. The Morgan fingerprint density at radius 1 is 0.270 bits per heavy atom. The lowest BCUT2D eigenvalue weighted by atomic mass is 9.45. The summed E-state index contributed by atoms with van der Waals surface area (Å²) in [5, 5.41) is 0. The molecule has 0 heterocycles. The molecule has 89 heavy (non-hydrogen) atoms. The highest BCUT2D eigenvalue weighted by Crippen LogP contribution is 2.63. The first-order chi connectivity index (χ1) is 42.7. The smallest absolute Gasteiger partial charge is 0.428 e. The van der Waals surface area contributed by atoms with Crippen molar-refractivity contribution in [1.29, 1.82) is 0 Å². The van der Waals surface area contributed by atoms with E-state index in [4.69, 9.17) is 58.0 Å². The van der Waals surface area contributed by atoms with Crippen molar-refractivity contribution in [3.05, 3.63) is 142 Å². The van der Waals surface area contributed by atoms with Gasteiger partial charge in [-0.2, -0.15) is 19.2 Å². The fraction of sp³-hybridized carbons (Fsp3) is 0.536. The Hall–Kier alpha value is -8.16. The van der Waals surface area contributed by atoms with E-state index in [1.165, 1.54) is 0 Å². The van der Waals surface area contributed by atoms with Gasteiger partial charge in [0.15, 0.2) is 0 Å². The maximum Gasteiger partial charge on any atom is 0.550 e. The van der Waals surface area contributed by atoms with Crippen LogP contribution in [0.25, 0.3) is 0 Å². The number of ether oxygens (including phenoxy) is 4. The van der Waals surface area contributed by atoms with Crippen molar-refractivity contribution in [2.75, 3.05) is 0 Å². The van der Waals surface area contributed by atoms with Crippen molar-refractivity contribution in [2.24, 2.45) is 29.1 Å². The molecule has 0 atom stereocenters. The van der Waals surface area contributed by atoms with E-state index >= 15 is 0 Å². The van der Waals surface area contributed by atoms with E-state index < -0.39 is 78.3 Å². The minimum Gasteiger partial charge on any atom is -0.428 e. The van der Waals surface area contributed by atoms with Gasteiger partial charge in [0.2, 0.25) is 0 Å². The lowest BCUT2D eigenvalue weighted by molar-refractivity contribution is -0.213. The molecule has 0 aromatic heterocycles. The lowest BCUT2D eigenvalue weighted by Gasteiger charge is -2.60. The number of carbonyl (C=O) groups is 8. The zero-order valence-electron chi connectivity index (χ0n) is 52.1. The third-order valence-electron chi connectivity index (χ3n) is 18.6. The molecule has 4 aromatic rings. The third kappa shape index (κ3) is 18.0. The monoisotopic (exact) mass is 1230 g/mol. The molecule has 0 saturated heterocycles. The van der Waals surface area contributed by atoms with Gasteiger partial charge in [-0.25, -0.2) is 58.3 Å². The molecule has 0 amide bonds. The minimum atomic E-state index is -1.14. The first-order valence-electron chi connectivity index (χ1n) is 31.4. The van der Waals surface area contributed by atoms with Crippen LogP contribution in [0.15, 0.2) is 97.1 Å². The van der Waals surface area contributed by atoms with Crippen molar-refractivity contribution in [3.63, 3.8) is 0 Å². The van der Waals surface area contributed by atoms with E-state index in [9.17, 15) is 38.4 Å². The molecule has 4 saturated carbocycles.